The molecule has 23 heavy (non-hydrogen) atoms. The van der Waals surface area contributed by atoms with Crippen molar-refractivity contribution in [3.05, 3.63) is 90.5 Å². The van der Waals surface area contributed by atoms with Gasteiger partial charge in [-0.15, -0.1) is 0 Å². The van der Waals surface area contributed by atoms with Gasteiger partial charge in [0.1, 0.15) is 0 Å². The molecule has 0 amide bonds. The summed E-state index contributed by atoms with van der Waals surface area (Å²) in [5, 5.41) is 0. The average molecular weight is 299 g/mol. The zero-order valence-corrected chi connectivity index (χ0v) is 13.8. The van der Waals surface area contributed by atoms with E-state index in [1.807, 2.05) is 0 Å². The molecule has 0 aliphatic rings. The highest BCUT2D eigenvalue weighted by molar-refractivity contribution is 6.70. The van der Waals surface area contributed by atoms with Crippen LogP contribution in [0.5, 0.6) is 0 Å². The number of hydrogen-bond acceptors (Lipinski definition) is 1. The van der Waals surface area contributed by atoms with Gasteiger partial charge in [-0.3, -0.25) is 0 Å². The predicted molar refractivity (Wildman–Crippen MR) is 102 cm³/mol. The zero-order valence-electron chi connectivity index (χ0n) is 13.8. The van der Waals surface area contributed by atoms with Crippen LogP contribution in [-0.4, -0.2) is 6.71 Å². The van der Waals surface area contributed by atoms with Gasteiger partial charge in [-0.25, -0.2) is 0 Å². The first-order chi connectivity index (χ1) is 11.2. The van der Waals surface area contributed by atoms with Gasteiger partial charge in [-0.1, -0.05) is 79.8 Å². The molecule has 0 heterocycles. The highest BCUT2D eigenvalue weighted by Gasteiger charge is 2.10. The van der Waals surface area contributed by atoms with Gasteiger partial charge in [-0.05, 0) is 29.8 Å². The lowest BCUT2D eigenvalue weighted by Gasteiger charge is -2.25. The smallest absolute Gasteiger partial charge is 0.169 e. The Hall–Kier alpha value is -2.48. The van der Waals surface area contributed by atoms with Gasteiger partial charge < -0.3 is 4.90 Å². The molecule has 3 aromatic rings. The number of hydrogen-bond donors (Lipinski definition) is 0. The fraction of sp³-hybridized carbons (Fsp3) is 0.143. The largest absolute Gasteiger partial charge is 0.337 e. The molecule has 0 saturated carbocycles. The van der Waals surface area contributed by atoms with Crippen LogP contribution in [0.4, 0.5) is 11.4 Å². The Morgan fingerprint density at radius 2 is 1.13 bits per heavy atom. The minimum absolute atomic E-state index is 0.573. The Kier molecular flexibility index (Phi) is 4.82. The second-order valence-corrected chi connectivity index (χ2v) is 6.15. The van der Waals surface area contributed by atoms with Crippen molar-refractivity contribution in [1.29, 1.82) is 0 Å². The van der Waals surface area contributed by atoms with Gasteiger partial charge in [0.05, 0.1) is 0 Å². The normalized spacial score (nSPS) is 10.3. The van der Waals surface area contributed by atoms with Gasteiger partial charge >= 0.3 is 0 Å². The summed E-state index contributed by atoms with van der Waals surface area (Å²) < 4.78 is 0. The van der Waals surface area contributed by atoms with Crippen LogP contribution in [0.1, 0.15) is 5.56 Å². The Balaban J connectivity index is 1.90. The van der Waals surface area contributed by atoms with Crippen molar-refractivity contribution >= 4 is 23.6 Å². The number of benzene rings is 3. The Morgan fingerprint density at radius 1 is 0.652 bits per heavy atom. The third-order valence-electron chi connectivity index (χ3n) is 4.12. The van der Waals surface area contributed by atoms with E-state index in [-0.39, 0.29) is 0 Å². The molecule has 0 atom stereocenters. The maximum atomic E-state index is 2.35. The second kappa shape index (κ2) is 7.19. The lowest BCUT2D eigenvalue weighted by atomic mass is 9.49. The molecule has 0 aliphatic heterocycles. The SMILES string of the molecule is CB(C)c1ccc(CN(c2ccccc2)c2ccccc2)cc1. The van der Waals surface area contributed by atoms with E-state index in [4.69, 9.17) is 0 Å². The minimum atomic E-state index is 0.573. The number of para-hydroxylation sites is 2. The van der Waals surface area contributed by atoms with Crippen molar-refractivity contribution in [2.75, 3.05) is 4.90 Å². The molecule has 0 unspecified atom stereocenters. The standard InChI is InChI=1S/C21H22BN/c1-22(2)19-15-13-18(14-16-19)17-23(20-9-5-3-6-10-20)21-11-7-4-8-12-21/h3-16H,17H2,1-2H3. The molecule has 114 valence electrons. The van der Waals surface area contributed by atoms with Gasteiger partial charge in [0, 0.05) is 17.9 Å². The van der Waals surface area contributed by atoms with Gasteiger partial charge in [-0.2, -0.15) is 0 Å². The molecule has 0 bridgehead atoms. The molecule has 0 aromatic heterocycles. The Bertz CT molecular complexity index is 681. The fourth-order valence-electron chi connectivity index (χ4n) is 2.74. The van der Waals surface area contributed by atoms with Crippen LogP contribution in [0.2, 0.25) is 13.6 Å². The summed E-state index contributed by atoms with van der Waals surface area (Å²) in [6.45, 7) is 5.90. The summed E-state index contributed by atoms with van der Waals surface area (Å²) in [4.78, 5) is 2.35. The first-order valence-corrected chi connectivity index (χ1v) is 8.20. The summed E-state index contributed by atoms with van der Waals surface area (Å²) >= 11 is 0. The van der Waals surface area contributed by atoms with E-state index < -0.39 is 0 Å². The first kappa shape index (κ1) is 15.4. The maximum absolute atomic E-state index is 2.35. The second-order valence-electron chi connectivity index (χ2n) is 6.15. The van der Waals surface area contributed by atoms with Crippen molar-refractivity contribution in [2.45, 2.75) is 20.2 Å². The van der Waals surface area contributed by atoms with Crippen molar-refractivity contribution in [2.24, 2.45) is 0 Å². The molecule has 2 heteroatoms. The fourth-order valence-corrected chi connectivity index (χ4v) is 2.74. The molecule has 0 fully saturated rings. The monoisotopic (exact) mass is 299 g/mol. The zero-order chi connectivity index (χ0) is 16.1. The van der Waals surface area contributed by atoms with Crippen LogP contribution in [0, 0.1) is 0 Å². The van der Waals surface area contributed by atoms with Gasteiger partial charge in [0.15, 0.2) is 6.71 Å². The minimum Gasteiger partial charge on any atom is -0.337 e. The predicted octanol–water partition coefficient (Wildman–Crippen LogP) is 4.99. The number of nitrogens with zero attached hydrogens (tertiary/aromatic N) is 1. The quantitative estimate of drug-likeness (QED) is 0.600. The summed E-state index contributed by atoms with van der Waals surface area (Å²) in [6, 6.07) is 30.1. The van der Waals surface area contributed by atoms with Crippen LogP contribution in [0.25, 0.3) is 0 Å². The lowest BCUT2D eigenvalue weighted by molar-refractivity contribution is 0.976. The molecule has 0 N–H and O–H groups in total. The molecular formula is C21H22BN. The van der Waals surface area contributed by atoms with Gasteiger partial charge in [0.2, 0.25) is 0 Å². The van der Waals surface area contributed by atoms with E-state index in [1.165, 1.54) is 22.4 Å². The van der Waals surface area contributed by atoms with Crippen LogP contribution in [-0.2, 0) is 6.54 Å². The summed E-state index contributed by atoms with van der Waals surface area (Å²) in [6.07, 6.45) is 0. The Morgan fingerprint density at radius 3 is 1.57 bits per heavy atom. The maximum Gasteiger partial charge on any atom is 0.169 e. The molecule has 0 radical (unpaired) electrons. The lowest BCUT2D eigenvalue weighted by Crippen LogP contribution is -2.23. The first-order valence-electron chi connectivity index (χ1n) is 8.20. The summed E-state index contributed by atoms with van der Waals surface area (Å²) in [5.74, 6) is 0. The van der Waals surface area contributed by atoms with Crippen molar-refractivity contribution < 1.29 is 0 Å². The third kappa shape index (κ3) is 3.84. The Labute approximate surface area is 139 Å². The number of rotatable bonds is 5. The van der Waals surface area contributed by atoms with E-state index >= 15 is 0 Å². The third-order valence-corrected chi connectivity index (χ3v) is 4.12. The molecule has 0 aliphatic carbocycles. The summed E-state index contributed by atoms with van der Waals surface area (Å²) in [7, 11) is 0. The molecule has 3 aromatic carbocycles. The van der Waals surface area contributed by atoms with Crippen LogP contribution in [0.3, 0.4) is 0 Å². The van der Waals surface area contributed by atoms with Crippen LogP contribution < -0.4 is 10.4 Å². The average Bonchev–Trinajstić information content (AvgIpc) is 2.61. The highest BCUT2D eigenvalue weighted by Crippen LogP contribution is 2.26. The molecule has 1 nitrogen and oxygen atoms in total. The molecular weight excluding hydrogens is 277 g/mol. The van der Waals surface area contributed by atoms with E-state index in [0.29, 0.717) is 6.71 Å². The molecule has 0 spiro atoms. The van der Waals surface area contributed by atoms with Crippen molar-refractivity contribution in [3.63, 3.8) is 0 Å². The summed E-state index contributed by atoms with van der Waals surface area (Å²) in [5.41, 5.74) is 5.14. The highest BCUT2D eigenvalue weighted by atomic mass is 15.1. The van der Waals surface area contributed by atoms with Crippen LogP contribution in [0.15, 0.2) is 84.9 Å². The molecule has 0 saturated heterocycles. The van der Waals surface area contributed by atoms with Crippen LogP contribution >= 0.6 is 0 Å². The topological polar surface area (TPSA) is 3.24 Å². The molecule has 3 rings (SSSR count). The van der Waals surface area contributed by atoms with E-state index in [2.05, 4.69) is 103 Å². The van der Waals surface area contributed by atoms with Crippen molar-refractivity contribution in [1.82, 2.24) is 0 Å². The van der Waals surface area contributed by atoms with E-state index in [1.54, 1.807) is 0 Å². The number of anilines is 2. The van der Waals surface area contributed by atoms with Gasteiger partial charge in [0.25, 0.3) is 0 Å². The van der Waals surface area contributed by atoms with Crippen molar-refractivity contribution in [3.8, 4) is 0 Å². The van der Waals surface area contributed by atoms with E-state index in [0.717, 1.165) is 6.54 Å². The van der Waals surface area contributed by atoms with E-state index in [9.17, 15) is 0 Å².